The first-order chi connectivity index (χ1) is 13.5. The molecule has 1 atom stereocenters. The van der Waals surface area contributed by atoms with Gasteiger partial charge in [0, 0.05) is 37.3 Å². The molecule has 1 aliphatic rings. The molecule has 0 saturated carbocycles. The molecular weight excluding hydrogens is 348 g/mol. The Bertz CT molecular complexity index is 1040. The van der Waals surface area contributed by atoms with Gasteiger partial charge in [-0.15, -0.1) is 0 Å². The van der Waals surface area contributed by atoms with E-state index in [1.165, 1.54) is 18.4 Å². The van der Waals surface area contributed by atoms with Gasteiger partial charge in [0.25, 0.3) is 5.91 Å². The molecule has 0 N–H and O–H groups in total. The summed E-state index contributed by atoms with van der Waals surface area (Å²) >= 11 is 0. The molecule has 0 radical (unpaired) electrons. The van der Waals surface area contributed by atoms with Crippen LogP contribution in [0.15, 0.2) is 30.6 Å². The predicted octanol–water partition coefficient (Wildman–Crippen LogP) is 4.51. The van der Waals surface area contributed by atoms with Gasteiger partial charge in [0.05, 0.1) is 23.0 Å². The maximum Gasteiger partial charge on any atom is 0.254 e. The lowest BCUT2D eigenvalue weighted by atomic mass is 9.99. The minimum absolute atomic E-state index is 0.124. The van der Waals surface area contributed by atoms with E-state index in [-0.39, 0.29) is 5.91 Å². The number of nitrogens with zero attached hydrogens (tertiary/aromatic N) is 4. The normalized spacial score (nSPS) is 16.9. The third kappa shape index (κ3) is 3.30. The lowest BCUT2D eigenvalue weighted by Crippen LogP contribution is -2.29. The number of benzene rings is 1. The summed E-state index contributed by atoms with van der Waals surface area (Å²) in [6.07, 6.45) is 7.23. The van der Waals surface area contributed by atoms with Crippen molar-refractivity contribution in [2.24, 2.45) is 13.0 Å². The van der Waals surface area contributed by atoms with Crippen LogP contribution >= 0.6 is 0 Å². The van der Waals surface area contributed by atoms with Crippen molar-refractivity contribution in [3.8, 4) is 11.3 Å². The van der Waals surface area contributed by atoms with Gasteiger partial charge in [-0.3, -0.25) is 9.48 Å². The molecule has 1 aromatic carbocycles. The Morgan fingerprint density at radius 1 is 1.29 bits per heavy atom. The van der Waals surface area contributed by atoms with Crippen molar-refractivity contribution in [2.45, 2.75) is 40.0 Å². The van der Waals surface area contributed by atoms with Crippen molar-refractivity contribution in [1.29, 1.82) is 0 Å². The van der Waals surface area contributed by atoms with Crippen molar-refractivity contribution < 1.29 is 4.79 Å². The molecule has 1 unspecified atom stereocenters. The van der Waals surface area contributed by atoms with Gasteiger partial charge in [0.15, 0.2) is 0 Å². The first-order valence-electron chi connectivity index (χ1n) is 10.2. The number of pyridine rings is 1. The molecule has 1 fully saturated rings. The number of likely N-dealkylation sites (tertiary alicyclic amines) is 1. The molecule has 28 heavy (non-hydrogen) atoms. The van der Waals surface area contributed by atoms with Crippen molar-refractivity contribution in [2.75, 3.05) is 13.1 Å². The van der Waals surface area contributed by atoms with Gasteiger partial charge in [-0.2, -0.15) is 5.10 Å². The maximum atomic E-state index is 13.5. The van der Waals surface area contributed by atoms with Crippen LogP contribution in [0.5, 0.6) is 0 Å². The van der Waals surface area contributed by atoms with Gasteiger partial charge < -0.3 is 4.90 Å². The van der Waals surface area contributed by atoms with E-state index >= 15 is 0 Å². The Labute approximate surface area is 166 Å². The van der Waals surface area contributed by atoms with Crippen LogP contribution in [0.2, 0.25) is 0 Å². The van der Waals surface area contributed by atoms with Gasteiger partial charge >= 0.3 is 0 Å². The van der Waals surface area contributed by atoms with E-state index < -0.39 is 0 Å². The summed E-state index contributed by atoms with van der Waals surface area (Å²) in [4.78, 5) is 20.4. The summed E-state index contributed by atoms with van der Waals surface area (Å²) < 4.78 is 1.77. The number of aromatic nitrogens is 3. The number of rotatable bonds is 4. The second-order valence-corrected chi connectivity index (χ2v) is 8.06. The highest BCUT2D eigenvalue weighted by Gasteiger charge is 2.28. The maximum absolute atomic E-state index is 13.5. The lowest BCUT2D eigenvalue weighted by molar-refractivity contribution is 0.0788. The zero-order valence-electron chi connectivity index (χ0n) is 17.2. The summed E-state index contributed by atoms with van der Waals surface area (Å²) in [5, 5.41) is 5.22. The summed E-state index contributed by atoms with van der Waals surface area (Å²) in [6, 6.07) is 6.08. The highest BCUT2D eigenvalue weighted by molar-refractivity contribution is 6.08. The van der Waals surface area contributed by atoms with Crippen LogP contribution in [0.25, 0.3) is 22.2 Å². The van der Waals surface area contributed by atoms with Crippen molar-refractivity contribution in [1.82, 2.24) is 19.7 Å². The van der Waals surface area contributed by atoms with Crippen LogP contribution in [0, 0.1) is 19.8 Å². The molecule has 3 aromatic rings. The van der Waals surface area contributed by atoms with Gasteiger partial charge in [0.1, 0.15) is 0 Å². The Morgan fingerprint density at radius 2 is 2.11 bits per heavy atom. The summed E-state index contributed by atoms with van der Waals surface area (Å²) in [5.74, 6) is 0.753. The second kappa shape index (κ2) is 7.38. The fourth-order valence-corrected chi connectivity index (χ4v) is 4.24. The van der Waals surface area contributed by atoms with Crippen molar-refractivity contribution in [3.05, 3.63) is 47.3 Å². The zero-order chi connectivity index (χ0) is 19.8. The molecule has 5 heteroatoms. The molecular formula is C23H28N4O. The van der Waals surface area contributed by atoms with Crippen LogP contribution in [-0.2, 0) is 7.05 Å². The largest absolute Gasteiger partial charge is 0.338 e. The Kier molecular flexibility index (Phi) is 4.92. The second-order valence-electron chi connectivity index (χ2n) is 8.06. The highest BCUT2D eigenvalue weighted by Crippen LogP contribution is 2.30. The Balaban J connectivity index is 1.82. The average molecular weight is 377 g/mol. The molecule has 4 rings (SSSR count). The fraction of sp³-hybridized carbons (Fsp3) is 0.435. The van der Waals surface area contributed by atoms with E-state index in [2.05, 4.69) is 31.9 Å². The monoisotopic (exact) mass is 376 g/mol. The SMILES string of the molecule is CCCC1CCN(C(=O)c2cc(-c3cnn(C)c3)nc3c(C)c(C)ccc23)C1. The number of aryl methyl sites for hydroxylation is 3. The number of carbonyl (C=O) groups excluding carboxylic acids is 1. The molecule has 146 valence electrons. The average Bonchev–Trinajstić information content (AvgIpc) is 3.33. The summed E-state index contributed by atoms with van der Waals surface area (Å²) in [5.41, 5.74) is 5.72. The molecule has 3 heterocycles. The predicted molar refractivity (Wildman–Crippen MR) is 112 cm³/mol. The van der Waals surface area contributed by atoms with Crippen LogP contribution in [0.4, 0.5) is 0 Å². The molecule has 5 nitrogen and oxygen atoms in total. The molecule has 1 saturated heterocycles. The van der Waals surface area contributed by atoms with Crippen LogP contribution in [0.1, 0.15) is 47.7 Å². The van der Waals surface area contributed by atoms with Crippen LogP contribution < -0.4 is 0 Å². The molecule has 2 aromatic heterocycles. The number of hydrogen-bond acceptors (Lipinski definition) is 3. The van der Waals surface area contributed by atoms with Crippen LogP contribution in [0.3, 0.4) is 0 Å². The quantitative estimate of drug-likeness (QED) is 0.673. The standard InChI is InChI=1S/C23H28N4O/c1-5-6-17-9-10-27(13-17)23(28)20-11-21(18-12-24-26(4)14-18)25-22-16(3)15(2)7-8-19(20)22/h7-8,11-12,14,17H,5-6,9-10,13H2,1-4H3. The topological polar surface area (TPSA) is 51.0 Å². The minimum atomic E-state index is 0.124. The van der Waals surface area contributed by atoms with Gasteiger partial charge in [-0.1, -0.05) is 25.5 Å². The first kappa shape index (κ1) is 18.7. The van der Waals surface area contributed by atoms with E-state index in [4.69, 9.17) is 4.98 Å². The summed E-state index contributed by atoms with van der Waals surface area (Å²) in [6.45, 7) is 8.10. The molecule has 1 aliphatic heterocycles. The van der Waals surface area contributed by atoms with E-state index in [0.29, 0.717) is 5.92 Å². The molecule has 1 amide bonds. The zero-order valence-corrected chi connectivity index (χ0v) is 17.2. The van der Waals surface area contributed by atoms with E-state index in [9.17, 15) is 4.79 Å². The fourth-order valence-electron chi connectivity index (χ4n) is 4.24. The van der Waals surface area contributed by atoms with E-state index in [1.54, 1.807) is 10.9 Å². The third-order valence-corrected chi connectivity index (χ3v) is 6.01. The molecule has 0 spiro atoms. The van der Waals surface area contributed by atoms with E-state index in [0.717, 1.165) is 52.8 Å². The Morgan fingerprint density at radius 3 is 2.82 bits per heavy atom. The molecule has 0 bridgehead atoms. The number of carbonyl (C=O) groups is 1. The smallest absolute Gasteiger partial charge is 0.254 e. The Hall–Kier alpha value is -2.69. The lowest BCUT2D eigenvalue weighted by Gasteiger charge is -2.19. The number of amides is 1. The molecule has 0 aliphatic carbocycles. The van der Waals surface area contributed by atoms with Crippen molar-refractivity contribution >= 4 is 16.8 Å². The van der Waals surface area contributed by atoms with Gasteiger partial charge in [-0.05, 0) is 49.8 Å². The van der Waals surface area contributed by atoms with E-state index in [1.807, 2.05) is 30.3 Å². The highest BCUT2D eigenvalue weighted by atomic mass is 16.2. The van der Waals surface area contributed by atoms with Crippen LogP contribution in [-0.4, -0.2) is 38.7 Å². The van der Waals surface area contributed by atoms with Crippen molar-refractivity contribution in [3.63, 3.8) is 0 Å². The third-order valence-electron chi connectivity index (χ3n) is 6.01. The summed E-state index contributed by atoms with van der Waals surface area (Å²) in [7, 11) is 1.89. The number of hydrogen-bond donors (Lipinski definition) is 0. The minimum Gasteiger partial charge on any atom is -0.338 e. The number of fused-ring (bicyclic) bond motifs is 1. The van der Waals surface area contributed by atoms with Gasteiger partial charge in [0.2, 0.25) is 0 Å². The first-order valence-corrected chi connectivity index (χ1v) is 10.2. The van der Waals surface area contributed by atoms with Gasteiger partial charge in [-0.25, -0.2) is 4.98 Å².